The number of hydrogen-bond donors (Lipinski definition) is 0. The topological polar surface area (TPSA) is 94.4 Å². The third-order valence-electron chi connectivity index (χ3n) is 3.93. The van der Waals surface area contributed by atoms with Crippen molar-refractivity contribution in [3.8, 4) is 5.75 Å². The molecule has 1 aromatic carbocycles. The number of ether oxygens (including phenoxy) is 1. The zero-order valence-corrected chi connectivity index (χ0v) is 15.0. The average Bonchev–Trinajstić information content (AvgIpc) is 2.97. The smallest absolute Gasteiger partial charge is 0.313 e. The van der Waals surface area contributed by atoms with Gasteiger partial charge in [-0.3, -0.25) is 14.5 Å². The Morgan fingerprint density at radius 2 is 2.00 bits per heavy atom. The Labute approximate surface area is 150 Å². The molecule has 26 heavy (non-hydrogen) atoms. The number of rotatable bonds is 5. The number of aryl methyl sites for hydroxylation is 1. The lowest BCUT2D eigenvalue weighted by atomic mass is 10.1. The SMILES string of the molecule is COc1ccc(N=Nc2c(C(C)C)nc3ccc(C)cn23)cc1[N+](=O)[O-]. The summed E-state index contributed by atoms with van der Waals surface area (Å²) >= 11 is 0. The highest BCUT2D eigenvalue weighted by Crippen LogP contribution is 2.33. The van der Waals surface area contributed by atoms with Crippen LogP contribution in [0.25, 0.3) is 5.65 Å². The van der Waals surface area contributed by atoms with Gasteiger partial charge in [0.2, 0.25) is 0 Å². The van der Waals surface area contributed by atoms with Crippen molar-refractivity contribution < 1.29 is 9.66 Å². The van der Waals surface area contributed by atoms with E-state index in [4.69, 9.17) is 4.74 Å². The van der Waals surface area contributed by atoms with Crippen LogP contribution in [0.2, 0.25) is 0 Å². The zero-order chi connectivity index (χ0) is 18.8. The van der Waals surface area contributed by atoms with Crippen LogP contribution < -0.4 is 4.74 Å². The molecule has 8 nitrogen and oxygen atoms in total. The van der Waals surface area contributed by atoms with Crippen molar-refractivity contribution >= 4 is 22.8 Å². The lowest BCUT2D eigenvalue weighted by Crippen LogP contribution is -1.92. The first-order valence-corrected chi connectivity index (χ1v) is 8.13. The maximum absolute atomic E-state index is 11.2. The molecule has 0 radical (unpaired) electrons. The molecular weight excluding hydrogens is 334 g/mol. The Morgan fingerprint density at radius 1 is 1.23 bits per heavy atom. The van der Waals surface area contributed by atoms with Gasteiger partial charge in [0, 0.05) is 12.3 Å². The van der Waals surface area contributed by atoms with E-state index in [1.165, 1.54) is 19.2 Å². The van der Waals surface area contributed by atoms with Gasteiger partial charge >= 0.3 is 5.69 Å². The number of nitrogens with zero attached hydrogens (tertiary/aromatic N) is 5. The Hall–Kier alpha value is -3.29. The van der Waals surface area contributed by atoms with Crippen LogP contribution in [0.1, 0.15) is 31.0 Å². The van der Waals surface area contributed by atoms with E-state index in [1.807, 2.05) is 43.5 Å². The number of benzene rings is 1. The molecule has 0 N–H and O–H groups in total. The van der Waals surface area contributed by atoms with Gasteiger partial charge in [-0.1, -0.05) is 19.9 Å². The molecule has 3 aromatic rings. The minimum Gasteiger partial charge on any atom is -0.490 e. The van der Waals surface area contributed by atoms with Crippen LogP contribution in [0.3, 0.4) is 0 Å². The fourth-order valence-electron chi connectivity index (χ4n) is 2.63. The van der Waals surface area contributed by atoms with Crippen LogP contribution in [-0.2, 0) is 0 Å². The van der Waals surface area contributed by atoms with Crippen molar-refractivity contribution in [2.75, 3.05) is 7.11 Å². The molecule has 0 unspecified atom stereocenters. The first-order valence-electron chi connectivity index (χ1n) is 8.13. The molecular formula is C18H19N5O3. The van der Waals surface area contributed by atoms with Gasteiger partial charge in [0.15, 0.2) is 11.6 Å². The summed E-state index contributed by atoms with van der Waals surface area (Å²) in [7, 11) is 1.39. The predicted octanol–water partition coefficient (Wildman–Crippen LogP) is 5.10. The molecule has 0 fully saturated rings. The van der Waals surface area contributed by atoms with Gasteiger partial charge in [-0.25, -0.2) is 4.98 Å². The molecule has 0 aliphatic carbocycles. The summed E-state index contributed by atoms with van der Waals surface area (Å²) in [6.45, 7) is 6.06. The number of methoxy groups -OCH3 is 1. The Balaban J connectivity index is 2.08. The molecule has 0 saturated carbocycles. The second kappa shape index (κ2) is 6.91. The van der Waals surface area contributed by atoms with Crippen molar-refractivity contribution in [3.05, 3.63) is 57.9 Å². The number of hydrogen-bond acceptors (Lipinski definition) is 6. The minimum atomic E-state index is -0.505. The third-order valence-corrected chi connectivity index (χ3v) is 3.93. The maximum Gasteiger partial charge on any atom is 0.313 e. The molecule has 2 heterocycles. The van der Waals surface area contributed by atoms with Crippen LogP contribution >= 0.6 is 0 Å². The van der Waals surface area contributed by atoms with Gasteiger partial charge < -0.3 is 4.74 Å². The number of imidazole rings is 1. The number of nitro groups is 1. The molecule has 134 valence electrons. The molecule has 2 aromatic heterocycles. The molecule has 3 rings (SSSR count). The maximum atomic E-state index is 11.2. The van der Waals surface area contributed by atoms with Gasteiger partial charge in [-0.15, -0.1) is 10.2 Å². The van der Waals surface area contributed by atoms with Gasteiger partial charge in [0.1, 0.15) is 5.65 Å². The van der Waals surface area contributed by atoms with Crippen LogP contribution in [0.5, 0.6) is 5.75 Å². The largest absolute Gasteiger partial charge is 0.490 e. The summed E-state index contributed by atoms with van der Waals surface area (Å²) in [5, 5.41) is 19.7. The fourth-order valence-corrected chi connectivity index (χ4v) is 2.63. The predicted molar refractivity (Wildman–Crippen MR) is 97.8 cm³/mol. The Morgan fingerprint density at radius 3 is 2.65 bits per heavy atom. The van der Waals surface area contributed by atoms with E-state index >= 15 is 0 Å². The van der Waals surface area contributed by atoms with Gasteiger partial charge in [0.05, 0.1) is 23.4 Å². The van der Waals surface area contributed by atoms with Crippen LogP contribution in [-0.4, -0.2) is 21.4 Å². The molecule has 0 bridgehead atoms. The van der Waals surface area contributed by atoms with Crippen LogP contribution in [0, 0.1) is 17.0 Å². The van der Waals surface area contributed by atoms with E-state index in [1.54, 1.807) is 6.07 Å². The third kappa shape index (κ3) is 3.26. The second-order valence-corrected chi connectivity index (χ2v) is 6.22. The average molecular weight is 353 g/mol. The van der Waals surface area contributed by atoms with E-state index in [0.29, 0.717) is 11.5 Å². The fraction of sp³-hybridized carbons (Fsp3) is 0.278. The standard InChI is InChI=1S/C18H19N5O3/c1-11(2)17-18(22-10-12(3)5-8-16(22)19-17)21-20-13-6-7-15(26-4)14(9-13)23(24)25/h5-11H,1-4H3. The number of pyridine rings is 1. The second-order valence-electron chi connectivity index (χ2n) is 6.22. The molecule has 0 aliphatic rings. The molecule has 0 saturated heterocycles. The summed E-state index contributed by atoms with van der Waals surface area (Å²) in [6.07, 6.45) is 1.94. The lowest BCUT2D eigenvalue weighted by Gasteiger charge is -2.03. The molecule has 0 atom stereocenters. The zero-order valence-electron chi connectivity index (χ0n) is 15.0. The normalized spacial score (nSPS) is 11.6. The van der Waals surface area contributed by atoms with E-state index in [9.17, 15) is 10.1 Å². The summed E-state index contributed by atoms with van der Waals surface area (Å²) in [5.41, 5.74) is 2.90. The number of azo groups is 1. The highest BCUT2D eigenvalue weighted by molar-refractivity contribution is 5.57. The molecule has 0 amide bonds. The molecule has 0 spiro atoms. The number of aromatic nitrogens is 2. The van der Waals surface area contributed by atoms with Crippen molar-refractivity contribution in [2.45, 2.75) is 26.7 Å². The summed E-state index contributed by atoms with van der Waals surface area (Å²) < 4.78 is 6.89. The van der Waals surface area contributed by atoms with Gasteiger partial charge in [-0.05, 0) is 36.6 Å². The highest BCUT2D eigenvalue weighted by atomic mass is 16.6. The molecule has 8 heteroatoms. The summed E-state index contributed by atoms with van der Waals surface area (Å²) in [5.74, 6) is 0.966. The van der Waals surface area contributed by atoms with Crippen LogP contribution in [0.15, 0.2) is 46.8 Å². The van der Waals surface area contributed by atoms with E-state index in [0.717, 1.165) is 16.9 Å². The van der Waals surface area contributed by atoms with E-state index in [2.05, 4.69) is 15.2 Å². The van der Waals surface area contributed by atoms with Crippen molar-refractivity contribution in [2.24, 2.45) is 10.2 Å². The first-order chi connectivity index (χ1) is 12.4. The lowest BCUT2D eigenvalue weighted by molar-refractivity contribution is -0.385. The monoisotopic (exact) mass is 353 g/mol. The van der Waals surface area contributed by atoms with E-state index < -0.39 is 4.92 Å². The number of fused-ring (bicyclic) bond motifs is 1. The number of nitro benzene ring substituents is 1. The Kier molecular flexibility index (Phi) is 4.66. The quantitative estimate of drug-likeness (QED) is 0.362. The minimum absolute atomic E-state index is 0.151. The highest BCUT2D eigenvalue weighted by Gasteiger charge is 2.17. The van der Waals surface area contributed by atoms with Crippen LogP contribution in [0.4, 0.5) is 17.2 Å². The van der Waals surface area contributed by atoms with Crippen molar-refractivity contribution in [1.82, 2.24) is 9.38 Å². The summed E-state index contributed by atoms with van der Waals surface area (Å²) in [6, 6.07) is 8.39. The van der Waals surface area contributed by atoms with E-state index in [-0.39, 0.29) is 17.4 Å². The first kappa shape index (κ1) is 17.5. The summed E-state index contributed by atoms with van der Waals surface area (Å²) in [4.78, 5) is 15.3. The van der Waals surface area contributed by atoms with Gasteiger partial charge in [0.25, 0.3) is 0 Å². The van der Waals surface area contributed by atoms with Gasteiger partial charge in [-0.2, -0.15) is 0 Å². The van der Waals surface area contributed by atoms with Crippen molar-refractivity contribution in [1.29, 1.82) is 0 Å². The van der Waals surface area contributed by atoms with Crippen molar-refractivity contribution in [3.63, 3.8) is 0 Å². The molecule has 0 aliphatic heterocycles. The Bertz CT molecular complexity index is 1010.